The van der Waals surface area contributed by atoms with Crippen LogP contribution < -0.4 is 10.5 Å². The van der Waals surface area contributed by atoms with Crippen molar-refractivity contribution in [2.45, 2.75) is 4.90 Å². The van der Waals surface area contributed by atoms with Gasteiger partial charge in [0, 0.05) is 6.20 Å². The summed E-state index contributed by atoms with van der Waals surface area (Å²) in [4.78, 5) is 3.56. The van der Waals surface area contributed by atoms with Crippen molar-refractivity contribution in [3.8, 4) is 6.07 Å². The molecule has 20 heavy (non-hydrogen) atoms. The van der Waals surface area contributed by atoms with Crippen LogP contribution in [-0.2, 0) is 10.0 Å². The summed E-state index contributed by atoms with van der Waals surface area (Å²) in [6, 6.07) is 8.94. The molecule has 0 atom stereocenters. The van der Waals surface area contributed by atoms with Gasteiger partial charge < -0.3 is 5.73 Å². The van der Waals surface area contributed by atoms with E-state index >= 15 is 0 Å². The highest BCUT2D eigenvalue weighted by atomic mass is 35.5. The van der Waals surface area contributed by atoms with E-state index in [0.29, 0.717) is 0 Å². The van der Waals surface area contributed by atoms with E-state index in [1.54, 1.807) is 0 Å². The molecule has 0 unspecified atom stereocenters. The molecule has 0 radical (unpaired) electrons. The second-order valence-electron chi connectivity index (χ2n) is 3.80. The summed E-state index contributed by atoms with van der Waals surface area (Å²) in [5, 5.41) is 8.99. The van der Waals surface area contributed by atoms with Gasteiger partial charge >= 0.3 is 0 Å². The first-order valence-electron chi connectivity index (χ1n) is 5.37. The van der Waals surface area contributed by atoms with Gasteiger partial charge in [-0.05, 0) is 30.3 Å². The SMILES string of the molecule is N#Cc1ccc(Cl)c(NS(=O)(=O)c2cccnc2N)c1. The maximum atomic E-state index is 12.2. The molecule has 0 saturated heterocycles. The number of nitriles is 1. The Kier molecular flexibility index (Phi) is 3.79. The predicted octanol–water partition coefficient (Wildman–Crippen LogP) is 1.99. The molecule has 0 fully saturated rings. The normalized spacial score (nSPS) is 10.8. The minimum absolute atomic E-state index is 0.106. The highest BCUT2D eigenvalue weighted by Crippen LogP contribution is 2.26. The number of sulfonamides is 1. The Hall–Kier alpha value is -2.30. The van der Waals surface area contributed by atoms with Gasteiger partial charge in [0.2, 0.25) is 0 Å². The van der Waals surface area contributed by atoms with Crippen LogP contribution in [0, 0.1) is 11.3 Å². The molecule has 2 aromatic rings. The first-order valence-corrected chi connectivity index (χ1v) is 7.23. The van der Waals surface area contributed by atoms with E-state index in [0.717, 1.165) is 0 Å². The van der Waals surface area contributed by atoms with Crippen LogP contribution in [0.15, 0.2) is 41.4 Å². The Morgan fingerprint density at radius 3 is 2.75 bits per heavy atom. The van der Waals surface area contributed by atoms with Gasteiger partial charge in [-0.25, -0.2) is 13.4 Å². The fraction of sp³-hybridized carbons (Fsp3) is 0. The number of benzene rings is 1. The molecule has 0 saturated carbocycles. The highest BCUT2D eigenvalue weighted by Gasteiger charge is 2.19. The number of hydrogen-bond donors (Lipinski definition) is 2. The molecule has 8 heteroatoms. The number of nitrogen functional groups attached to an aromatic ring is 1. The molecule has 2 rings (SSSR count). The highest BCUT2D eigenvalue weighted by molar-refractivity contribution is 7.92. The van der Waals surface area contributed by atoms with Crippen LogP contribution in [0.3, 0.4) is 0 Å². The maximum absolute atomic E-state index is 12.2. The lowest BCUT2D eigenvalue weighted by Gasteiger charge is -2.10. The Labute approximate surface area is 120 Å². The summed E-state index contributed by atoms with van der Waals surface area (Å²) in [5.74, 6) is -0.118. The molecule has 6 nitrogen and oxygen atoms in total. The average molecular weight is 309 g/mol. The van der Waals surface area contributed by atoms with Gasteiger partial charge in [-0.2, -0.15) is 5.26 Å². The van der Waals surface area contributed by atoms with Crippen molar-refractivity contribution in [3.63, 3.8) is 0 Å². The van der Waals surface area contributed by atoms with E-state index in [1.807, 2.05) is 6.07 Å². The van der Waals surface area contributed by atoms with E-state index in [2.05, 4.69) is 9.71 Å². The van der Waals surface area contributed by atoms with Crippen molar-refractivity contribution in [1.29, 1.82) is 5.26 Å². The van der Waals surface area contributed by atoms with Gasteiger partial charge in [-0.3, -0.25) is 4.72 Å². The van der Waals surface area contributed by atoms with Crippen molar-refractivity contribution < 1.29 is 8.42 Å². The summed E-state index contributed by atoms with van der Waals surface area (Å²) >= 11 is 5.90. The Morgan fingerprint density at radius 2 is 2.10 bits per heavy atom. The quantitative estimate of drug-likeness (QED) is 0.901. The minimum Gasteiger partial charge on any atom is -0.383 e. The van der Waals surface area contributed by atoms with Crippen molar-refractivity contribution in [2.24, 2.45) is 0 Å². The molecule has 102 valence electrons. The van der Waals surface area contributed by atoms with E-state index in [-0.39, 0.29) is 27.0 Å². The number of nitrogens with zero attached hydrogens (tertiary/aromatic N) is 2. The zero-order valence-corrected chi connectivity index (χ0v) is 11.6. The first kappa shape index (κ1) is 14.1. The van der Waals surface area contributed by atoms with Gasteiger partial charge in [-0.1, -0.05) is 11.6 Å². The number of rotatable bonds is 3. The molecule has 1 heterocycles. The third-order valence-electron chi connectivity index (χ3n) is 2.43. The van der Waals surface area contributed by atoms with Gasteiger partial charge in [0.1, 0.15) is 10.7 Å². The van der Waals surface area contributed by atoms with Crippen LogP contribution in [0.25, 0.3) is 0 Å². The average Bonchev–Trinajstić information content (AvgIpc) is 2.41. The Balaban J connectivity index is 2.44. The summed E-state index contributed by atoms with van der Waals surface area (Å²) in [6.45, 7) is 0. The van der Waals surface area contributed by atoms with Crippen molar-refractivity contribution in [1.82, 2.24) is 4.98 Å². The largest absolute Gasteiger partial charge is 0.383 e. The predicted molar refractivity (Wildman–Crippen MR) is 75.6 cm³/mol. The van der Waals surface area contributed by atoms with Gasteiger partial charge in [0.25, 0.3) is 10.0 Å². The van der Waals surface area contributed by atoms with Crippen LogP contribution in [0.2, 0.25) is 5.02 Å². The number of nitrogens with two attached hydrogens (primary N) is 1. The zero-order chi connectivity index (χ0) is 14.8. The number of anilines is 2. The second kappa shape index (κ2) is 5.36. The third kappa shape index (κ3) is 2.82. The van der Waals surface area contributed by atoms with E-state index in [1.165, 1.54) is 36.5 Å². The van der Waals surface area contributed by atoms with Crippen LogP contribution >= 0.6 is 11.6 Å². The molecule has 0 bridgehead atoms. The third-order valence-corrected chi connectivity index (χ3v) is 4.17. The number of halogens is 1. The summed E-state index contributed by atoms with van der Waals surface area (Å²) < 4.78 is 26.7. The zero-order valence-electron chi connectivity index (χ0n) is 10.0. The van der Waals surface area contributed by atoms with Crippen molar-refractivity contribution in [3.05, 3.63) is 47.1 Å². The fourth-order valence-corrected chi connectivity index (χ4v) is 2.88. The molecule has 1 aromatic heterocycles. The molecular weight excluding hydrogens is 300 g/mol. The Bertz CT molecular complexity index is 799. The lowest BCUT2D eigenvalue weighted by atomic mass is 10.2. The number of nitrogens with one attached hydrogen (secondary N) is 1. The van der Waals surface area contributed by atoms with Gasteiger partial charge in [0.05, 0.1) is 22.3 Å². The van der Waals surface area contributed by atoms with Crippen LogP contribution in [0.5, 0.6) is 0 Å². The van der Waals surface area contributed by atoms with Gasteiger partial charge in [0.15, 0.2) is 0 Å². The lowest BCUT2D eigenvalue weighted by Crippen LogP contribution is -2.15. The topological polar surface area (TPSA) is 109 Å². The van der Waals surface area contributed by atoms with Gasteiger partial charge in [-0.15, -0.1) is 0 Å². The smallest absolute Gasteiger partial charge is 0.265 e. The molecular formula is C12H9ClN4O2S. The molecule has 0 spiro atoms. The minimum atomic E-state index is -3.92. The summed E-state index contributed by atoms with van der Waals surface area (Å²) in [5.41, 5.74) is 5.93. The fourth-order valence-electron chi connectivity index (χ4n) is 1.50. The lowest BCUT2D eigenvalue weighted by molar-refractivity contribution is 0.601. The van der Waals surface area contributed by atoms with E-state index in [9.17, 15) is 8.42 Å². The molecule has 0 aliphatic rings. The number of pyridine rings is 1. The van der Waals surface area contributed by atoms with Crippen molar-refractivity contribution >= 4 is 33.1 Å². The summed E-state index contributed by atoms with van der Waals surface area (Å²) in [7, 11) is -3.92. The van der Waals surface area contributed by atoms with Crippen LogP contribution in [-0.4, -0.2) is 13.4 Å². The van der Waals surface area contributed by atoms with E-state index < -0.39 is 10.0 Å². The number of aromatic nitrogens is 1. The maximum Gasteiger partial charge on any atom is 0.265 e. The van der Waals surface area contributed by atoms with Crippen molar-refractivity contribution in [2.75, 3.05) is 10.5 Å². The summed E-state index contributed by atoms with van der Waals surface area (Å²) in [6.07, 6.45) is 1.39. The molecule has 0 aliphatic heterocycles. The molecule has 0 aliphatic carbocycles. The second-order valence-corrected chi connectivity index (χ2v) is 5.86. The molecule has 1 aromatic carbocycles. The van der Waals surface area contributed by atoms with E-state index in [4.69, 9.17) is 22.6 Å². The van der Waals surface area contributed by atoms with Crippen LogP contribution in [0.4, 0.5) is 11.5 Å². The monoisotopic (exact) mass is 308 g/mol. The Morgan fingerprint density at radius 1 is 1.35 bits per heavy atom. The van der Waals surface area contributed by atoms with Crippen LogP contribution in [0.1, 0.15) is 5.56 Å². The standard InChI is InChI=1S/C12H9ClN4O2S/c13-9-4-3-8(7-14)6-10(9)17-20(18,19)11-2-1-5-16-12(11)15/h1-6,17H,(H2,15,16). The number of hydrogen-bond acceptors (Lipinski definition) is 5. The molecule has 3 N–H and O–H groups in total. The first-order chi connectivity index (χ1) is 9.44. The molecule has 0 amide bonds.